The average molecular weight is 327 g/mol. The summed E-state index contributed by atoms with van der Waals surface area (Å²) in [6, 6.07) is 5.66. The van der Waals surface area contributed by atoms with Gasteiger partial charge in [0.2, 0.25) is 0 Å². The zero-order chi connectivity index (χ0) is 13.8. The Morgan fingerprint density at radius 1 is 1.47 bits per heavy atom. The molecule has 4 heteroatoms. The van der Waals surface area contributed by atoms with Crippen LogP contribution in [0.15, 0.2) is 34.8 Å². The third-order valence-electron chi connectivity index (χ3n) is 3.46. The highest BCUT2D eigenvalue weighted by Crippen LogP contribution is 2.29. The van der Waals surface area contributed by atoms with E-state index in [1.54, 1.807) is 12.1 Å². The second kappa shape index (κ2) is 6.64. The van der Waals surface area contributed by atoms with Gasteiger partial charge >= 0.3 is 0 Å². The molecule has 0 unspecified atom stereocenters. The zero-order valence-corrected chi connectivity index (χ0v) is 12.8. The van der Waals surface area contributed by atoms with Crippen LogP contribution < -0.4 is 5.32 Å². The topological polar surface area (TPSA) is 15.3 Å². The molecule has 1 fully saturated rings. The van der Waals surface area contributed by atoms with E-state index in [0.29, 0.717) is 4.47 Å². The predicted molar refractivity (Wildman–Crippen MR) is 80.7 cm³/mol. The van der Waals surface area contributed by atoms with Crippen molar-refractivity contribution in [3.63, 3.8) is 0 Å². The van der Waals surface area contributed by atoms with E-state index in [1.807, 2.05) is 13.0 Å². The first-order chi connectivity index (χ1) is 9.08. The quantitative estimate of drug-likeness (QED) is 0.852. The van der Waals surface area contributed by atoms with Crippen molar-refractivity contribution in [2.75, 3.05) is 26.2 Å². The third-order valence-corrected chi connectivity index (χ3v) is 4.11. The summed E-state index contributed by atoms with van der Waals surface area (Å²) in [6.45, 7) is 10.0. The van der Waals surface area contributed by atoms with Crippen LogP contribution in [0.1, 0.15) is 24.9 Å². The number of nitrogens with zero attached hydrogens (tertiary/aromatic N) is 1. The molecule has 1 saturated heterocycles. The lowest BCUT2D eigenvalue weighted by atomic mass is 9.98. The molecule has 1 heterocycles. The van der Waals surface area contributed by atoms with Crippen LogP contribution in [0.5, 0.6) is 0 Å². The van der Waals surface area contributed by atoms with Gasteiger partial charge in [0.25, 0.3) is 0 Å². The molecule has 0 saturated carbocycles. The van der Waals surface area contributed by atoms with Crippen molar-refractivity contribution in [1.29, 1.82) is 0 Å². The Hall–Kier alpha value is -0.710. The van der Waals surface area contributed by atoms with Crippen LogP contribution in [0, 0.1) is 5.82 Å². The molecule has 1 aromatic carbocycles. The van der Waals surface area contributed by atoms with Crippen molar-refractivity contribution in [2.24, 2.45) is 0 Å². The predicted octanol–water partition coefficient (Wildman–Crippen LogP) is 3.50. The van der Waals surface area contributed by atoms with Crippen molar-refractivity contribution < 1.29 is 4.39 Å². The molecule has 1 atom stereocenters. The summed E-state index contributed by atoms with van der Waals surface area (Å²) in [5.41, 5.74) is 2.16. The van der Waals surface area contributed by atoms with Crippen molar-refractivity contribution in [1.82, 2.24) is 10.2 Å². The van der Waals surface area contributed by atoms with E-state index < -0.39 is 0 Å². The largest absolute Gasteiger partial charge is 0.314 e. The van der Waals surface area contributed by atoms with Gasteiger partial charge in [-0.15, -0.1) is 6.58 Å². The molecule has 0 aliphatic carbocycles. The monoisotopic (exact) mass is 326 g/mol. The van der Waals surface area contributed by atoms with Crippen LogP contribution in [0.2, 0.25) is 0 Å². The summed E-state index contributed by atoms with van der Waals surface area (Å²) < 4.78 is 14.3. The lowest BCUT2D eigenvalue weighted by Gasteiger charge is -2.35. The van der Waals surface area contributed by atoms with Gasteiger partial charge in [0.1, 0.15) is 5.82 Å². The first-order valence-corrected chi connectivity index (χ1v) is 7.41. The Balaban J connectivity index is 2.24. The molecule has 2 rings (SSSR count). The number of benzene rings is 1. The Morgan fingerprint density at radius 2 is 2.16 bits per heavy atom. The summed E-state index contributed by atoms with van der Waals surface area (Å²) in [4.78, 5) is 2.41. The number of hydrogen-bond acceptors (Lipinski definition) is 2. The number of halogens is 2. The van der Waals surface area contributed by atoms with E-state index in [0.717, 1.165) is 43.7 Å². The van der Waals surface area contributed by atoms with Gasteiger partial charge in [-0.25, -0.2) is 4.39 Å². The molecule has 0 spiro atoms. The second-order valence-corrected chi connectivity index (χ2v) is 5.99. The molecule has 2 nitrogen and oxygen atoms in total. The molecule has 1 aliphatic heterocycles. The van der Waals surface area contributed by atoms with Gasteiger partial charge in [0.15, 0.2) is 0 Å². The lowest BCUT2D eigenvalue weighted by Crippen LogP contribution is -2.45. The highest BCUT2D eigenvalue weighted by Gasteiger charge is 2.22. The highest BCUT2D eigenvalue weighted by atomic mass is 79.9. The van der Waals surface area contributed by atoms with Crippen LogP contribution in [0.4, 0.5) is 4.39 Å². The highest BCUT2D eigenvalue weighted by molar-refractivity contribution is 9.10. The smallest absolute Gasteiger partial charge is 0.137 e. The van der Waals surface area contributed by atoms with Crippen molar-refractivity contribution in [3.05, 3.63) is 46.2 Å². The Bertz CT molecular complexity index is 455. The van der Waals surface area contributed by atoms with E-state index in [9.17, 15) is 4.39 Å². The van der Waals surface area contributed by atoms with E-state index in [1.165, 1.54) is 0 Å². The van der Waals surface area contributed by atoms with Crippen LogP contribution in [-0.2, 0) is 0 Å². The lowest BCUT2D eigenvalue weighted by molar-refractivity contribution is 0.172. The van der Waals surface area contributed by atoms with Crippen LogP contribution in [0.3, 0.4) is 0 Å². The minimum Gasteiger partial charge on any atom is -0.314 e. The zero-order valence-electron chi connectivity index (χ0n) is 11.3. The molecule has 1 aliphatic rings. The van der Waals surface area contributed by atoms with Gasteiger partial charge in [-0.3, -0.25) is 4.90 Å². The van der Waals surface area contributed by atoms with Crippen molar-refractivity contribution >= 4 is 15.9 Å². The standard InChI is InChI=1S/C15H20BrFN2/c1-11(2)9-15(19-7-5-18-6-8-19)12-3-4-13(16)14(17)10-12/h3-4,10,15,18H,1,5-9H2,2H3/t15-/m0/s1. The summed E-state index contributed by atoms with van der Waals surface area (Å²) in [6.07, 6.45) is 0.876. The molecular weight excluding hydrogens is 307 g/mol. The van der Waals surface area contributed by atoms with Gasteiger partial charge in [0.05, 0.1) is 4.47 Å². The maximum absolute atomic E-state index is 13.7. The summed E-state index contributed by atoms with van der Waals surface area (Å²) >= 11 is 3.21. The van der Waals surface area contributed by atoms with Gasteiger partial charge in [-0.05, 0) is 47.0 Å². The molecule has 0 radical (unpaired) electrons. The van der Waals surface area contributed by atoms with E-state index in [4.69, 9.17) is 0 Å². The minimum absolute atomic E-state index is 0.195. The number of rotatable bonds is 4. The maximum Gasteiger partial charge on any atom is 0.137 e. The Labute approximate surface area is 122 Å². The fourth-order valence-corrected chi connectivity index (χ4v) is 2.75. The van der Waals surface area contributed by atoms with Crippen LogP contribution in [-0.4, -0.2) is 31.1 Å². The van der Waals surface area contributed by atoms with E-state index in [2.05, 4.69) is 32.7 Å². The number of hydrogen-bond donors (Lipinski definition) is 1. The summed E-state index contributed by atoms with van der Waals surface area (Å²) in [5.74, 6) is -0.195. The van der Waals surface area contributed by atoms with E-state index in [-0.39, 0.29) is 11.9 Å². The number of nitrogens with one attached hydrogen (secondary N) is 1. The minimum atomic E-state index is -0.195. The Kier molecular flexibility index (Phi) is 5.13. The van der Waals surface area contributed by atoms with Gasteiger partial charge in [-0.1, -0.05) is 11.6 Å². The molecule has 1 aromatic rings. The van der Waals surface area contributed by atoms with Gasteiger partial charge in [0, 0.05) is 32.2 Å². The fourth-order valence-electron chi connectivity index (χ4n) is 2.50. The van der Waals surface area contributed by atoms with Gasteiger partial charge in [-0.2, -0.15) is 0 Å². The Morgan fingerprint density at radius 3 is 2.74 bits per heavy atom. The number of piperazine rings is 1. The molecule has 19 heavy (non-hydrogen) atoms. The first kappa shape index (κ1) is 14.7. The average Bonchev–Trinajstić information content (AvgIpc) is 2.40. The van der Waals surface area contributed by atoms with Crippen molar-refractivity contribution in [2.45, 2.75) is 19.4 Å². The fraction of sp³-hybridized carbons (Fsp3) is 0.467. The summed E-state index contributed by atoms with van der Waals surface area (Å²) in [5, 5.41) is 3.35. The summed E-state index contributed by atoms with van der Waals surface area (Å²) in [7, 11) is 0. The molecular formula is C15H20BrFN2. The van der Waals surface area contributed by atoms with Crippen LogP contribution >= 0.6 is 15.9 Å². The normalized spacial score (nSPS) is 18.3. The third kappa shape index (κ3) is 3.88. The first-order valence-electron chi connectivity index (χ1n) is 6.62. The van der Waals surface area contributed by atoms with Crippen LogP contribution in [0.25, 0.3) is 0 Å². The second-order valence-electron chi connectivity index (χ2n) is 5.14. The van der Waals surface area contributed by atoms with E-state index >= 15 is 0 Å². The maximum atomic E-state index is 13.7. The molecule has 104 valence electrons. The van der Waals surface area contributed by atoms with Crippen molar-refractivity contribution in [3.8, 4) is 0 Å². The SMILES string of the molecule is C=C(C)C[C@@H](c1ccc(Br)c(F)c1)N1CCNCC1. The molecule has 0 bridgehead atoms. The molecule has 0 aromatic heterocycles. The van der Waals surface area contributed by atoms with Gasteiger partial charge < -0.3 is 5.32 Å². The molecule has 0 amide bonds. The molecule has 1 N–H and O–H groups in total.